The molecule has 16 heavy (non-hydrogen) atoms. The molecule has 0 radical (unpaired) electrons. The molecule has 2 rings (SSSR count). The van der Waals surface area contributed by atoms with Gasteiger partial charge >= 0.3 is 0 Å². The van der Waals surface area contributed by atoms with E-state index in [-0.39, 0.29) is 0 Å². The third kappa shape index (κ3) is 2.68. The summed E-state index contributed by atoms with van der Waals surface area (Å²) in [6, 6.07) is 3.76. The number of hydrogen-bond donors (Lipinski definition) is 1. The molecule has 2 aromatic heterocycles. The smallest absolute Gasteiger partial charge is 0.102 e. The summed E-state index contributed by atoms with van der Waals surface area (Å²) in [6.07, 6.45) is 5.21. The second-order valence-electron chi connectivity index (χ2n) is 3.65. The predicted molar refractivity (Wildman–Crippen MR) is 63.8 cm³/mol. The molecule has 0 aliphatic rings. The van der Waals surface area contributed by atoms with Crippen molar-refractivity contribution in [2.45, 2.75) is 12.5 Å². The maximum absolute atomic E-state index is 9.96. The first-order chi connectivity index (χ1) is 7.65. The summed E-state index contributed by atoms with van der Waals surface area (Å²) in [5, 5.41) is 14.1. The molecule has 0 aromatic carbocycles. The normalized spacial score (nSPS) is 12.7. The van der Waals surface area contributed by atoms with Crippen LogP contribution in [0.2, 0.25) is 0 Å². The van der Waals surface area contributed by atoms with Crippen LogP contribution in [0.15, 0.2) is 35.2 Å². The molecule has 1 N–H and O–H groups in total. The molecule has 0 saturated heterocycles. The van der Waals surface area contributed by atoms with Gasteiger partial charge in [-0.05, 0) is 33.6 Å². The van der Waals surface area contributed by atoms with Gasteiger partial charge in [-0.1, -0.05) is 0 Å². The monoisotopic (exact) mass is 281 g/mol. The molecular formula is C11H12BrN3O. The van der Waals surface area contributed by atoms with Crippen LogP contribution in [-0.4, -0.2) is 19.9 Å². The molecule has 0 aliphatic heterocycles. The molecule has 1 atom stereocenters. The number of rotatable bonds is 3. The third-order valence-electron chi connectivity index (χ3n) is 2.27. The fraction of sp³-hybridized carbons (Fsp3) is 0.273. The Labute approximate surface area is 102 Å². The van der Waals surface area contributed by atoms with Gasteiger partial charge in [0, 0.05) is 36.5 Å². The highest BCUT2D eigenvalue weighted by Gasteiger charge is 2.11. The van der Waals surface area contributed by atoms with Crippen molar-refractivity contribution in [1.29, 1.82) is 0 Å². The van der Waals surface area contributed by atoms with E-state index in [0.29, 0.717) is 12.1 Å². The predicted octanol–water partition coefficient (Wildman–Crippen LogP) is 1.85. The van der Waals surface area contributed by atoms with Crippen LogP contribution in [0.3, 0.4) is 0 Å². The Balaban J connectivity index is 2.10. The van der Waals surface area contributed by atoms with E-state index in [2.05, 4.69) is 26.0 Å². The molecule has 0 bridgehead atoms. The van der Waals surface area contributed by atoms with E-state index < -0.39 is 6.10 Å². The van der Waals surface area contributed by atoms with Gasteiger partial charge in [-0.2, -0.15) is 5.10 Å². The molecule has 5 heteroatoms. The molecule has 2 heterocycles. The van der Waals surface area contributed by atoms with Crippen LogP contribution in [0.4, 0.5) is 0 Å². The fourth-order valence-corrected chi connectivity index (χ4v) is 1.92. The molecule has 1 unspecified atom stereocenters. The van der Waals surface area contributed by atoms with Gasteiger partial charge in [0.15, 0.2) is 0 Å². The number of nitrogens with zero attached hydrogens (tertiary/aromatic N) is 3. The van der Waals surface area contributed by atoms with Crippen LogP contribution in [0.1, 0.15) is 17.4 Å². The van der Waals surface area contributed by atoms with Crippen molar-refractivity contribution in [3.05, 3.63) is 46.5 Å². The number of aliphatic hydroxyl groups is 1. The van der Waals surface area contributed by atoms with E-state index >= 15 is 0 Å². The summed E-state index contributed by atoms with van der Waals surface area (Å²) in [6.45, 7) is 0. The van der Waals surface area contributed by atoms with Crippen molar-refractivity contribution in [3.63, 3.8) is 0 Å². The highest BCUT2D eigenvalue weighted by molar-refractivity contribution is 9.10. The SMILES string of the molecule is Cn1ccc(C(O)Cc2cncc(Br)c2)n1. The average Bonchev–Trinajstić information content (AvgIpc) is 2.65. The molecule has 2 aromatic rings. The first kappa shape index (κ1) is 11.3. The zero-order valence-electron chi connectivity index (χ0n) is 8.84. The molecular weight excluding hydrogens is 270 g/mol. The summed E-state index contributed by atoms with van der Waals surface area (Å²) < 4.78 is 2.59. The average molecular weight is 282 g/mol. The van der Waals surface area contributed by atoms with Gasteiger partial charge in [-0.3, -0.25) is 9.67 Å². The van der Waals surface area contributed by atoms with E-state index in [9.17, 15) is 5.11 Å². The maximum atomic E-state index is 9.96. The van der Waals surface area contributed by atoms with Gasteiger partial charge in [0.1, 0.15) is 6.10 Å². The highest BCUT2D eigenvalue weighted by Crippen LogP contribution is 2.18. The second kappa shape index (κ2) is 4.76. The Morgan fingerprint density at radius 3 is 2.94 bits per heavy atom. The summed E-state index contributed by atoms with van der Waals surface area (Å²) >= 11 is 3.35. The quantitative estimate of drug-likeness (QED) is 0.934. The number of hydrogen-bond acceptors (Lipinski definition) is 3. The lowest BCUT2D eigenvalue weighted by molar-refractivity contribution is 0.172. The van der Waals surface area contributed by atoms with Crippen LogP contribution in [0.25, 0.3) is 0 Å². The van der Waals surface area contributed by atoms with Crippen LogP contribution in [0, 0.1) is 0 Å². The number of aromatic nitrogens is 3. The van der Waals surface area contributed by atoms with Gasteiger partial charge in [-0.25, -0.2) is 0 Å². The van der Waals surface area contributed by atoms with E-state index in [1.807, 2.05) is 25.4 Å². The van der Waals surface area contributed by atoms with E-state index in [1.165, 1.54) is 0 Å². The first-order valence-electron chi connectivity index (χ1n) is 4.92. The van der Waals surface area contributed by atoms with E-state index in [0.717, 1.165) is 10.0 Å². The second-order valence-corrected chi connectivity index (χ2v) is 4.56. The lowest BCUT2D eigenvalue weighted by Crippen LogP contribution is -2.04. The summed E-state index contributed by atoms with van der Waals surface area (Å²) in [4.78, 5) is 4.05. The molecule has 0 aliphatic carbocycles. The van der Waals surface area contributed by atoms with Crippen molar-refractivity contribution < 1.29 is 5.11 Å². The summed E-state index contributed by atoms with van der Waals surface area (Å²) in [7, 11) is 1.83. The summed E-state index contributed by atoms with van der Waals surface area (Å²) in [5.74, 6) is 0. The number of halogens is 1. The largest absolute Gasteiger partial charge is 0.386 e. The Hall–Kier alpha value is -1.20. The van der Waals surface area contributed by atoms with Crippen molar-refractivity contribution in [2.24, 2.45) is 7.05 Å². The topological polar surface area (TPSA) is 50.9 Å². The standard InChI is InChI=1S/C11H12BrN3O/c1-15-3-2-10(14-15)11(16)5-8-4-9(12)7-13-6-8/h2-4,6-7,11,16H,5H2,1H3. The van der Waals surface area contributed by atoms with E-state index in [4.69, 9.17) is 0 Å². The van der Waals surface area contributed by atoms with Gasteiger partial charge in [-0.15, -0.1) is 0 Å². The van der Waals surface area contributed by atoms with Crippen LogP contribution in [0.5, 0.6) is 0 Å². The number of aliphatic hydroxyl groups excluding tert-OH is 1. The van der Waals surface area contributed by atoms with Crippen LogP contribution < -0.4 is 0 Å². The van der Waals surface area contributed by atoms with E-state index in [1.54, 1.807) is 17.1 Å². The lowest BCUT2D eigenvalue weighted by atomic mass is 10.1. The molecule has 0 amide bonds. The van der Waals surface area contributed by atoms with Crippen LogP contribution in [-0.2, 0) is 13.5 Å². The Bertz CT molecular complexity index is 484. The Kier molecular flexibility index (Phi) is 3.36. The number of pyridine rings is 1. The highest BCUT2D eigenvalue weighted by atomic mass is 79.9. The lowest BCUT2D eigenvalue weighted by Gasteiger charge is -2.07. The minimum absolute atomic E-state index is 0.517. The van der Waals surface area contributed by atoms with Crippen molar-refractivity contribution in [1.82, 2.24) is 14.8 Å². The Morgan fingerprint density at radius 2 is 2.31 bits per heavy atom. The van der Waals surface area contributed by atoms with Crippen LogP contribution >= 0.6 is 15.9 Å². The fourth-order valence-electron chi connectivity index (χ4n) is 1.51. The minimum atomic E-state index is -0.586. The van der Waals surface area contributed by atoms with Crippen molar-refractivity contribution in [3.8, 4) is 0 Å². The van der Waals surface area contributed by atoms with Gasteiger partial charge in [0.25, 0.3) is 0 Å². The third-order valence-corrected chi connectivity index (χ3v) is 2.70. The minimum Gasteiger partial charge on any atom is -0.386 e. The Morgan fingerprint density at radius 1 is 1.50 bits per heavy atom. The van der Waals surface area contributed by atoms with Crippen molar-refractivity contribution >= 4 is 15.9 Å². The molecule has 84 valence electrons. The zero-order valence-corrected chi connectivity index (χ0v) is 10.4. The molecule has 4 nitrogen and oxygen atoms in total. The number of aryl methyl sites for hydroxylation is 1. The molecule has 0 saturated carbocycles. The molecule has 0 spiro atoms. The first-order valence-corrected chi connectivity index (χ1v) is 5.71. The zero-order chi connectivity index (χ0) is 11.5. The van der Waals surface area contributed by atoms with Gasteiger partial charge in [0.2, 0.25) is 0 Å². The van der Waals surface area contributed by atoms with Gasteiger partial charge in [0.05, 0.1) is 5.69 Å². The summed E-state index contributed by atoms with van der Waals surface area (Å²) in [5.41, 5.74) is 1.66. The van der Waals surface area contributed by atoms with Gasteiger partial charge < -0.3 is 5.11 Å². The maximum Gasteiger partial charge on any atom is 0.102 e. The van der Waals surface area contributed by atoms with Crippen molar-refractivity contribution in [2.75, 3.05) is 0 Å². The molecule has 0 fully saturated rings.